The highest BCUT2D eigenvalue weighted by Crippen LogP contribution is 2.43. The number of fused-ring (bicyclic) bond motifs is 3. The van der Waals surface area contributed by atoms with E-state index >= 15 is 0 Å². The number of aromatic nitrogens is 3. The molecule has 2 aliphatic rings. The second-order valence-corrected chi connectivity index (χ2v) is 8.03. The number of amidine groups is 2. The molecule has 8 heteroatoms. The Kier molecular flexibility index (Phi) is 4.94. The van der Waals surface area contributed by atoms with E-state index in [1.807, 2.05) is 42.5 Å². The van der Waals surface area contributed by atoms with E-state index in [0.29, 0.717) is 43.5 Å². The van der Waals surface area contributed by atoms with Gasteiger partial charge in [0.15, 0.2) is 11.6 Å². The van der Waals surface area contributed by atoms with Crippen molar-refractivity contribution in [3.8, 4) is 22.6 Å². The summed E-state index contributed by atoms with van der Waals surface area (Å²) in [4.78, 5) is 18.1. The van der Waals surface area contributed by atoms with Crippen LogP contribution in [0.5, 0.6) is 0 Å². The van der Waals surface area contributed by atoms with Crippen molar-refractivity contribution in [3.63, 3.8) is 0 Å². The van der Waals surface area contributed by atoms with E-state index in [1.165, 1.54) is 0 Å². The fraction of sp³-hybridized carbons (Fsp3) is 0.292. The van der Waals surface area contributed by atoms with Gasteiger partial charge in [-0.3, -0.25) is 20.7 Å². The van der Waals surface area contributed by atoms with E-state index < -0.39 is 5.54 Å². The van der Waals surface area contributed by atoms with Gasteiger partial charge in [-0.05, 0) is 25.5 Å². The van der Waals surface area contributed by atoms with Crippen molar-refractivity contribution in [1.82, 2.24) is 15.0 Å². The Morgan fingerprint density at radius 3 is 2.72 bits per heavy atom. The Morgan fingerprint density at radius 1 is 1.16 bits per heavy atom. The lowest BCUT2D eigenvalue weighted by Gasteiger charge is -2.53. The Balaban J connectivity index is 1.70. The van der Waals surface area contributed by atoms with Crippen molar-refractivity contribution in [2.45, 2.75) is 25.8 Å². The van der Waals surface area contributed by atoms with Crippen LogP contribution in [0, 0.1) is 10.8 Å². The highest BCUT2D eigenvalue weighted by molar-refractivity contribution is 6.23. The third-order valence-corrected chi connectivity index (χ3v) is 6.24. The molecule has 3 aromatic rings. The Morgan fingerprint density at radius 2 is 1.97 bits per heavy atom. The monoisotopic (exact) mass is 427 g/mol. The predicted molar refractivity (Wildman–Crippen MR) is 125 cm³/mol. The summed E-state index contributed by atoms with van der Waals surface area (Å²) >= 11 is 0. The number of ether oxygens (including phenoxy) is 1. The number of benzene rings is 1. The molecule has 0 bridgehead atoms. The molecule has 0 amide bonds. The van der Waals surface area contributed by atoms with Gasteiger partial charge in [-0.25, -0.2) is 9.97 Å². The van der Waals surface area contributed by atoms with Gasteiger partial charge in [0.2, 0.25) is 0 Å². The molecule has 0 unspecified atom stereocenters. The molecular formula is C24H25N7O. The normalized spacial score (nSPS) is 20.0. The van der Waals surface area contributed by atoms with Gasteiger partial charge < -0.3 is 9.64 Å². The molecule has 0 saturated carbocycles. The quantitative estimate of drug-likeness (QED) is 0.484. The summed E-state index contributed by atoms with van der Waals surface area (Å²) in [5, 5.41) is 17.3. The molecule has 1 aromatic carbocycles. The van der Waals surface area contributed by atoms with Gasteiger partial charge >= 0.3 is 0 Å². The first-order valence-corrected chi connectivity index (χ1v) is 10.7. The number of morpholine rings is 1. The number of rotatable bonds is 3. The third-order valence-electron chi connectivity index (χ3n) is 6.24. The standard InChI is InChI=1S/C24H25N7O/c1-3-24-15-32-13-12-30(24)22-19(31(16(2)25)23(24)26)14-28-21(29-22)18-10-7-11-27-20(18)17-8-5-4-6-9-17/h4-11,14,25-26H,3,12-13,15H2,1-2H3/t24-/m0/s1. The predicted octanol–water partition coefficient (Wildman–Crippen LogP) is 3.99. The molecule has 2 aliphatic heterocycles. The van der Waals surface area contributed by atoms with Crippen molar-refractivity contribution >= 4 is 23.2 Å². The van der Waals surface area contributed by atoms with E-state index in [-0.39, 0.29) is 5.84 Å². The van der Waals surface area contributed by atoms with Crippen molar-refractivity contribution in [3.05, 3.63) is 54.9 Å². The fourth-order valence-electron chi connectivity index (χ4n) is 4.60. The zero-order chi connectivity index (χ0) is 22.3. The van der Waals surface area contributed by atoms with Crippen LogP contribution in [0.2, 0.25) is 0 Å². The van der Waals surface area contributed by atoms with Crippen molar-refractivity contribution in [2.24, 2.45) is 0 Å². The molecule has 162 valence electrons. The lowest BCUT2D eigenvalue weighted by atomic mass is 9.88. The zero-order valence-electron chi connectivity index (χ0n) is 18.2. The van der Waals surface area contributed by atoms with E-state index in [0.717, 1.165) is 22.6 Å². The van der Waals surface area contributed by atoms with Crippen LogP contribution >= 0.6 is 0 Å². The molecule has 4 heterocycles. The molecule has 32 heavy (non-hydrogen) atoms. The van der Waals surface area contributed by atoms with Gasteiger partial charge in [0, 0.05) is 23.9 Å². The van der Waals surface area contributed by atoms with Crippen LogP contribution in [0.25, 0.3) is 22.6 Å². The first-order valence-electron chi connectivity index (χ1n) is 10.7. The molecule has 1 atom stereocenters. The molecule has 2 aromatic heterocycles. The number of nitrogens with one attached hydrogen (secondary N) is 2. The molecular weight excluding hydrogens is 402 g/mol. The van der Waals surface area contributed by atoms with Crippen molar-refractivity contribution in [2.75, 3.05) is 29.6 Å². The summed E-state index contributed by atoms with van der Waals surface area (Å²) in [7, 11) is 0. The molecule has 0 aliphatic carbocycles. The van der Waals surface area contributed by atoms with Gasteiger partial charge in [0.1, 0.15) is 22.9 Å². The van der Waals surface area contributed by atoms with Crippen LogP contribution < -0.4 is 9.80 Å². The molecule has 0 radical (unpaired) electrons. The Bertz CT molecular complexity index is 1200. The molecule has 1 fully saturated rings. The summed E-state index contributed by atoms with van der Waals surface area (Å²) in [6.07, 6.45) is 4.17. The van der Waals surface area contributed by atoms with E-state index in [1.54, 1.807) is 24.2 Å². The van der Waals surface area contributed by atoms with Crippen molar-refractivity contribution < 1.29 is 4.74 Å². The summed E-state index contributed by atoms with van der Waals surface area (Å²) in [5.74, 6) is 1.90. The number of pyridine rings is 1. The summed E-state index contributed by atoms with van der Waals surface area (Å²) in [6, 6.07) is 13.9. The van der Waals surface area contributed by atoms with Crippen LogP contribution in [-0.2, 0) is 4.74 Å². The number of hydrogen-bond donors (Lipinski definition) is 2. The fourth-order valence-corrected chi connectivity index (χ4v) is 4.60. The molecule has 8 nitrogen and oxygen atoms in total. The molecule has 2 N–H and O–H groups in total. The SMILES string of the molecule is CC[C@@]12COCCN1c1nc(-c3cccnc3-c3ccccc3)ncc1N(C(C)=N)C2=N. The minimum absolute atomic E-state index is 0.261. The summed E-state index contributed by atoms with van der Waals surface area (Å²) in [5.41, 5.74) is 2.66. The van der Waals surface area contributed by atoms with Gasteiger partial charge in [0.25, 0.3) is 0 Å². The maximum Gasteiger partial charge on any atom is 0.163 e. The first-order chi connectivity index (χ1) is 15.6. The van der Waals surface area contributed by atoms with Gasteiger partial charge in [-0.1, -0.05) is 37.3 Å². The highest BCUT2D eigenvalue weighted by atomic mass is 16.5. The largest absolute Gasteiger partial charge is 0.377 e. The second kappa shape index (κ2) is 7.80. The highest BCUT2D eigenvalue weighted by Gasteiger charge is 2.51. The second-order valence-electron chi connectivity index (χ2n) is 8.03. The van der Waals surface area contributed by atoms with Gasteiger partial charge in [-0.2, -0.15) is 0 Å². The van der Waals surface area contributed by atoms with Crippen LogP contribution in [0.15, 0.2) is 54.9 Å². The van der Waals surface area contributed by atoms with Crippen LogP contribution in [-0.4, -0.2) is 51.9 Å². The summed E-state index contributed by atoms with van der Waals surface area (Å²) in [6.45, 7) is 5.33. The van der Waals surface area contributed by atoms with Gasteiger partial charge in [0.05, 0.1) is 25.1 Å². The lowest BCUT2D eigenvalue weighted by Crippen LogP contribution is -2.69. The first kappa shape index (κ1) is 20.3. The minimum atomic E-state index is -0.656. The van der Waals surface area contributed by atoms with E-state index in [2.05, 4.69) is 21.8 Å². The van der Waals surface area contributed by atoms with E-state index in [4.69, 9.17) is 20.5 Å². The smallest absolute Gasteiger partial charge is 0.163 e. The van der Waals surface area contributed by atoms with Crippen LogP contribution in [0.4, 0.5) is 11.5 Å². The molecule has 5 rings (SSSR count). The maximum atomic E-state index is 8.94. The summed E-state index contributed by atoms with van der Waals surface area (Å²) < 4.78 is 5.81. The zero-order valence-corrected chi connectivity index (χ0v) is 18.2. The number of anilines is 2. The van der Waals surface area contributed by atoms with Crippen LogP contribution in [0.3, 0.4) is 0 Å². The lowest BCUT2D eigenvalue weighted by molar-refractivity contribution is 0.0720. The number of nitrogens with zero attached hydrogens (tertiary/aromatic N) is 5. The Labute approximate surface area is 186 Å². The average molecular weight is 428 g/mol. The van der Waals surface area contributed by atoms with E-state index in [9.17, 15) is 0 Å². The van der Waals surface area contributed by atoms with Crippen LogP contribution in [0.1, 0.15) is 20.3 Å². The topological polar surface area (TPSA) is 102 Å². The minimum Gasteiger partial charge on any atom is -0.377 e. The number of hydrogen-bond acceptors (Lipinski definition) is 7. The van der Waals surface area contributed by atoms with Gasteiger partial charge in [-0.15, -0.1) is 0 Å². The van der Waals surface area contributed by atoms with Crippen molar-refractivity contribution in [1.29, 1.82) is 10.8 Å². The third kappa shape index (κ3) is 2.98. The molecule has 1 saturated heterocycles. The maximum absolute atomic E-state index is 8.94. The molecule has 0 spiro atoms. The average Bonchev–Trinajstić information content (AvgIpc) is 2.84. The Hall–Kier alpha value is -3.65.